The van der Waals surface area contributed by atoms with Gasteiger partial charge in [0.15, 0.2) is 23.2 Å². The summed E-state index contributed by atoms with van der Waals surface area (Å²) >= 11 is 0. The average molecular weight is 354 g/mol. The van der Waals surface area contributed by atoms with Gasteiger partial charge in [0.2, 0.25) is 5.91 Å². The minimum Gasteiger partial charge on any atom is -0.487 e. The number of halogens is 3. The fourth-order valence-electron chi connectivity index (χ4n) is 1.98. The number of hydrogen-bond acceptors (Lipinski definition) is 4. The normalized spacial score (nSPS) is 10.4. The van der Waals surface area contributed by atoms with Crippen LogP contribution in [0.15, 0.2) is 36.4 Å². The number of carbonyl (C=O) groups excluding carboxylic acids is 1. The van der Waals surface area contributed by atoms with Gasteiger partial charge in [-0.3, -0.25) is 14.9 Å². The molecular formula is C16H13F3N2O4. The molecule has 9 heteroatoms. The molecule has 0 aliphatic rings. The molecule has 0 aliphatic carbocycles. The van der Waals surface area contributed by atoms with Crippen molar-refractivity contribution in [2.75, 3.05) is 11.9 Å². The number of hydrogen-bond donors (Lipinski definition) is 1. The van der Waals surface area contributed by atoms with Crippen LogP contribution in [0.3, 0.4) is 0 Å². The maximum atomic E-state index is 13.4. The number of anilines is 1. The molecule has 1 amide bonds. The summed E-state index contributed by atoms with van der Waals surface area (Å²) in [5, 5.41) is 12.9. The second-order valence-corrected chi connectivity index (χ2v) is 4.95. The number of ether oxygens (including phenoxy) is 1. The number of amides is 1. The molecule has 6 nitrogen and oxygen atoms in total. The first-order chi connectivity index (χ1) is 11.9. The van der Waals surface area contributed by atoms with Gasteiger partial charge in [-0.2, -0.15) is 0 Å². The number of rotatable bonds is 7. The molecule has 0 spiro atoms. The Morgan fingerprint density at radius 3 is 2.56 bits per heavy atom. The molecule has 0 saturated heterocycles. The molecule has 2 rings (SSSR count). The zero-order chi connectivity index (χ0) is 18.4. The number of para-hydroxylation sites is 2. The van der Waals surface area contributed by atoms with E-state index >= 15 is 0 Å². The zero-order valence-electron chi connectivity index (χ0n) is 12.8. The van der Waals surface area contributed by atoms with Crippen LogP contribution in [0.2, 0.25) is 0 Å². The van der Waals surface area contributed by atoms with Crippen molar-refractivity contribution in [2.24, 2.45) is 0 Å². The van der Waals surface area contributed by atoms with E-state index in [2.05, 4.69) is 5.32 Å². The Morgan fingerprint density at radius 1 is 1.12 bits per heavy atom. The van der Waals surface area contributed by atoms with E-state index in [0.29, 0.717) is 6.07 Å². The van der Waals surface area contributed by atoms with E-state index in [4.69, 9.17) is 4.74 Å². The lowest BCUT2D eigenvalue weighted by molar-refractivity contribution is -0.385. The second-order valence-electron chi connectivity index (χ2n) is 4.95. The SMILES string of the molecule is O=C(CCCOc1ccccc1[N+](=O)[O-])Nc1ccc(F)c(F)c1F. The number of nitrogens with one attached hydrogen (secondary N) is 1. The summed E-state index contributed by atoms with van der Waals surface area (Å²) in [5.74, 6) is -5.06. The molecule has 0 radical (unpaired) electrons. The van der Waals surface area contributed by atoms with Crippen molar-refractivity contribution >= 4 is 17.3 Å². The molecule has 25 heavy (non-hydrogen) atoms. The molecule has 1 N–H and O–H groups in total. The van der Waals surface area contributed by atoms with Gasteiger partial charge in [0, 0.05) is 12.5 Å². The summed E-state index contributed by atoms with van der Waals surface area (Å²) in [6.07, 6.45) is 0.0856. The molecule has 132 valence electrons. The van der Waals surface area contributed by atoms with E-state index < -0.39 is 34.0 Å². The lowest BCUT2D eigenvalue weighted by atomic mass is 10.2. The van der Waals surface area contributed by atoms with Crippen molar-refractivity contribution in [3.8, 4) is 5.75 Å². The first kappa shape index (κ1) is 18.2. The quantitative estimate of drug-likeness (QED) is 0.355. The van der Waals surface area contributed by atoms with Crippen LogP contribution >= 0.6 is 0 Å². The van der Waals surface area contributed by atoms with E-state index in [1.54, 1.807) is 6.07 Å². The van der Waals surface area contributed by atoms with Crippen molar-refractivity contribution in [1.29, 1.82) is 0 Å². The number of nitrogens with zero attached hydrogens (tertiary/aromatic N) is 1. The lowest BCUT2D eigenvalue weighted by Crippen LogP contribution is -2.14. The molecule has 0 aliphatic heterocycles. The van der Waals surface area contributed by atoms with Gasteiger partial charge in [-0.25, -0.2) is 13.2 Å². The van der Waals surface area contributed by atoms with Gasteiger partial charge in [-0.1, -0.05) is 12.1 Å². The van der Waals surface area contributed by atoms with Crippen molar-refractivity contribution in [3.05, 3.63) is 64.0 Å². The predicted octanol–water partition coefficient (Wildman–Crippen LogP) is 3.81. The molecule has 0 bridgehead atoms. The Hall–Kier alpha value is -3.10. The number of benzene rings is 2. The predicted molar refractivity (Wildman–Crippen MR) is 82.8 cm³/mol. The summed E-state index contributed by atoms with van der Waals surface area (Å²) in [5.41, 5.74) is -0.667. The van der Waals surface area contributed by atoms with E-state index in [-0.39, 0.29) is 30.9 Å². The number of nitro benzene ring substituents is 1. The van der Waals surface area contributed by atoms with Gasteiger partial charge in [0.05, 0.1) is 17.2 Å². The van der Waals surface area contributed by atoms with Crippen LogP contribution in [0.25, 0.3) is 0 Å². The molecular weight excluding hydrogens is 341 g/mol. The Labute approximate surface area is 140 Å². The highest BCUT2D eigenvalue weighted by atomic mass is 19.2. The van der Waals surface area contributed by atoms with E-state index in [0.717, 1.165) is 6.07 Å². The summed E-state index contributed by atoms with van der Waals surface area (Å²) in [6, 6.07) is 7.39. The summed E-state index contributed by atoms with van der Waals surface area (Å²) in [6.45, 7) is 0.0124. The van der Waals surface area contributed by atoms with Gasteiger partial charge in [-0.15, -0.1) is 0 Å². The van der Waals surface area contributed by atoms with E-state index in [1.165, 1.54) is 18.2 Å². The van der Waals surface area contributed by atoms with Crippen LogP contribution < -0.4 is 10.1 Å². The minimum atomic E-state index is -1.67. The maximum absolute atomic E-state index is 13.4. The minimum absolute atomic E-state index is 0.0124. The Morgan fingerprint density at radius 2 is 1.84 bits per heavy atom. The van der Waals surface area contributed by atoms with Crippen molar-refractivity contribution in [2.45, 2.75) is 12.8 Å². The first-order valence-corrected chi connectivity index (χ1v) is 7.19. The maximum Gasteiger partial charge on any atom is 0.310 e. The van der Waals surface area contributed by atoms with Crippen LogP contribution in [0.1, 0.15) is 12.8 Å². The Bertz CT molecular complexity index is 799. The third-order valence-electron chi connectivity index (χ3n) is 3.18. The zero-order valence-corrected chi connectivity index (χ0v) is 12.8. The van der Waals surface area contributed by atoms with E-state index in [1.807, 2.05) is 0 Å². The Balaban J connectivity index is 1.84. The fraction of sp³-hybridized carbons (Fsp3) is 0.188. The topological polar surface area (TPSA) is 81.5 Å². The monoisotopic (exact) mass is 354 g/mol. The second kappa shape index (κ2) is 8.13. The largest absolute Gasteiger partial charge is 0.487 e. The van der Waals surface area contributed by atoms with Crippen molar-refractivity contribution < 1.29 is 27.6 Å². The highest BCUT2D eigenvalue weighted by Crippen LogP contribution is 2.26. The fourth-order valence-corrected chi connectivity index (χ4v) is 1.98. The van der Waals surface area contributed by atoms with Gasteiger partial charge < -0.3 is 10.1 Å². The number of carbonyl (C=O) groups is 1. The van der Waals surface area contributed by atoms with Crippen LogP contribution in [0, 0.1) is 27.6 Å². The lowest BCUT2D eigenvalue weighted by Gasteiger charge is -2.08. The van der Waals surface area contributed by atoms with Gasteiger partial charge in [0.25, 0.3) is 0 Å². The highest BCUT2D eigenvalue weighted by Gasteiger charge is 2.16. The molecule has 0 fully saturated rings. The Kier molecular flexibility index (Phi) is 5.93. The number of nitro groups is 1. The smallest absolute Gasteiger partial charge is 0.310 e. The van der Waals surface area contributed by atoms with Crippen LogP contribution in [0.5, 0.6) is 5.75 Å². The standard InChI is InChI=1S/C16H13F3N2O4/c17-10-7-8-11(16(19)15(10)18)20-14(22)6-3-9-25-13-5-2-1-4-12(13)21(23)24/h1-2,4-5,7-8H,3,6,9H2,(H,20,22). The van der Waals surface area contributed by atoms with Crippen molar-refractivity contribution in [3.63, 3.8) is 0 Å². The third kappa shape index (κ3) is 4.69. The average Bonchev–Trinajstić information content (AvgIpc) is 2.59. The van der Waals surface area contributed by atoms with Gasteiger partial charge >= 0.3 is 5.69 Å². The molecule has 0 aromatic heterocycles. The van der Waals surface area contributed by atoms with Gasteiger partial charge in [0.1, 0.15) is 0 Å². The third-order valence-corrected chi connectivity index (χ3v) is 3.18. The van der Waals surface area contributed by atoms with Crippen molar-refractivity contribution in [1.82, 2.24) is 0 Å². The van der Waals surface area contributed by atoms with Crippen LogP contribution in [0.4, 0.5) is 24.5 Å². The molecule has 0 atom stereocenters. The van der Waals surface area contributed by atoms with Crippen LogP contribution in [-0.4, -0.2) is 17.4 Å². The summed E-state index contributed by atoms with van der Waals surface area (Å²) in [4.78, 5) is 21.9. The first-order valence-electron chi connectivity index (χ1n) is 7.19. The molecule has 2 aromatic carbocycles. The molecule has 2 aromatic rings. The molecule has 0 heterocycles. The highest BCUT2D eigenvalue weighted by molar-refractivity contribution is 5.90. The van der Waals surface area contributed by atoms with E-state index in [9.17, 15) is 28.1 Å². The van der Waals surface area contributed by atoms with Gasteiger partial charge in [-0.05, 0) is 24.6 Å². The van der Waals surface area contributed by atoms with Crippen LogP contribution in [-0.2, 0) is 4.79 Å². The molecule has 0 unspecified atom stereocenters. The summed E-state index contributed by atoms with van der Waals surface area (Å²) in [7, 11) is 0. The molecule has 0 saturated carbocycles. The summed E-state index contributed by atoms with van der Waals surface area (Å²) < 4.78 is 44.6.